The van der Waals surface area contributed by atoms with Crippen molar-refractivity contribution in [2.75, 3.05) is 7.11 Å². The molecule has 0 unspecified atom stereocenters. The fourth-order valence-corrected chi connectivity index (χ4v) is 3.41. The minimum absolute atomic E-state index is 0.304. The maximum atomic E-state index is 14.4. The Hall–Kier alpha value is -2.93. The first-order valence-electron chi connectivity index (χ1n) is 6.99. The first-order chi connectivity index (χ1) is 11.5. The van der Waals surface area contributed by atoms with Gasteiger partial charge in [-0.3, -0.25) is 4.79 Å². The summed E-state index contributed by atoms with van der Waals surface area (Å²) in [6, 6.07) is 9.72. The quantitative estimate of drug-likeness (QED) is 0.565. The van der Waals surface area contributed by atoms with Crippen molar-refractivity contribution < 1.29 is 13.9 Å². The first-order valence-corrected chi connectivity index (χ1v) is 7.87. The molecule has 1 amide bonds. The molecule has 1 aromatic heterocycles. The maximum absolute atomic E-state index is 14.4. The second-order valence-electron chi connectivity index (χ2n) is 5.02. The Morgan fingerprint density at radius 1 is 1.25 bits per heavy atom. The summed E-state index contributed by atoms with van der Waals surface area (Å²) in [5, 5.41) is 2.57. The van der Waals surface area contributed by atoms with Gasteiger partial charge in [0, 0.05) is 26.6 Å². The molecule has 5 nitrogen and oxygen atoms in total. The molecule has 0 fully saturated rings. The van der Waals surface area contributed by atoms with Gasteiger partial charge in [-0.05, 0) is 30.3 Å². The van der Waals surface area contributed by atoms with Gasteiger partial charge in [-0.25, -0.2) is 4.39 Å². The highest BCUT2D eigenvalue weighted by Crippen LogP contribution is 2.40. The van der Waals surface area contributed by atoms with Crippen LogP contribution in [-0.4, -0.2) is 19.0 Å². The van der Waals surface area contributed by atoms with Crippen LogP contribution in [0.1, 0.15) is 10.4 Å². The molecule has 24 heavy (non-hydrogen) atoms. The van der Waals surface area contributed by atoms with Crippen molar-refractivity contribution >= 4 is 33.3 Å². The van der Waals surface area contributed by atoms with E-state index in [4.69, 9.17) is 16.2 Å². The van der Waals surface area contributed by atoms with E-state index in [1.807, 2.05) is 5.38 Å². The summed E-state index contributed by atoms with van der Waals surface area (Å²) >= 11 is 1.45. The Kier molecular flexibility index (Phi) is 4.18. The van der Waals surface area contributed by atoms with Crippen LogP contribution in [-0.2, 0) is 0 Å². The van der Waals surface area contributed by atoms with Crippen molar-refractivity contribution in [2.45, 2.75) is 0 Å². The normalized spacial score (nSPS) is 10.6. The number of rotatable bonds is 3. The molecule has 1 heterocycles. The lowest BCUT2D eigenvalue weighted by Gasteiger charge is -2.09. The smallest absolute Gasteiger partial charge is 0.280 e. The van der Waals surface area contributed by atoms with E-state index < -0.39 is 11.7 Å². The Morgan fingerprint density at radius 3 is 2.75 bits per heavy atom. The minimum atomic E-state index is -0.547. The third-order valence-electron chi connectivity index (χ3n) is 3.52. The summed E-state index contributed by atoms with van der Waals surface area (Å²) < 4.78 is 20.5. The van der Waals surface area contributed by atoms with Gasteiger partial charge in [0.1, 0.15) is 11.6 Å². The van der Waals surface area contributed by atoms with Gasteiger partial charge in [0.15, 0.2) is 5.96 Å². The standard InChI is InChI=1S/C17H14FN3O2S/c1-23-13-4-2-3-12(18)15(13)11-8-24-14-6-5-9(7-10(11)14)16(22)21-17(19)20/h2-8H,1H3,(H4,19,20,21,22). The molecule has 2 aromatic carbocycles. The average molecular weight is 343 g/mol. The number of ether oxygens (including phenoxy) is 1. The van der Waals surface area contributed by atoms with Gasteiger partial charge in [0.2, 0.25) is 0 Å². The van der Waals surface area contributed by atoms with Crippen molar-refractivity contribution in [1.29, 1.82) is 0 Å². The minimum Gasteiger partial charge on any atom is -0.496 e. The Balaban J connectivity index is 2.21. The number of carbonyl (C=O) groups excluding carboxylic acids is 1. The lowest BCUT2D eigenvalue weighted by Crippen LogP contribution is -2.24. The zero-order valence-corrected chi connectivity index (χ0v) is 13.6. The fourth-order valence-electron chi connectivity index (χ4n) is 2.47. The van der Waals surface area contributed by atoms with E-state index in [0.29, 0.717) is 22.4 Å². The number of methoxy groups -OCH3 is 1. The number of benzene rings is 2. The molecule has 122 valence electrons. The molecule has 0 aliphatic rings. The number of guanidine groups is 1. The van der Waals surface area contributed by atoms with Crippen molar-refractivity contribution in [1.82, 2.24) is 0 Å². The van der Waals surface area contributed by atoms with Crippen LogP contribution in [0.25, 0.3) is 21.2 Å². The largest absolute Gasteiger partial charge is 0.496 e. The van der Waals surface area contributed by atoms with Gasteiger partial charge in [-0.15, -0.1) is 11.3 Å². The molecule has 0 saturated carbocycles. The van der Waals surface area contributed by atoms with Crippen molar-refractivity contribution in [2.24, 2.45) is 16.5 Å². The number of amides is 1. The van der Waals surface area contributed by atoms with Crippen LogP contribution in [0.15, 0.2) is 46.8 Å². The maximum Gasteiger partial charge on any atom is 0.280 e. The zero-order chi connectivity index (χ0) is 17.3. The number of thiophene rings is 1. The van der Waals surface area contributed by atoms with Crippen LogP contribution < -0.4 is 16.2 Å². The van der Waals surface area contributed by atoms with E-state index in [9.17, 15) is 9.18 Å². The highest BCUT2D eigenvalue weighted by molar-refractivity contribution is 7.17. The van der Waals surface area contributed by atoms with E-state index in [1.165, 1.54) is 24.5 Å². The van der Waals surface area contributed by atoms with Crippen molar-refractivity contribution in [3.8, 4) is 16.9 Å². The van der Waals surface area contributed by atoms with E-state index in [-0.39, 0.29) is 5.96 Å². The van der Waals surface area contributed by atoms with Crippen LogP contribution in [0, 0.1) is 5.82 Å². The second-order valence-corrected chi connectivity index (χ2v) is 5.93. The van der Waals surface area contributed by atoms with E-state index in [2.05, 4.69) is 4.99 Å². The topological polar surface area (TPSA) is 90.7 Å². The summed E-state index contributed by atoms with van der Waals surface area (Å²) in [5.74, 6) is -0.818. The molecular formula is C17H14FN3O2S. The monoisotopic (exact) mass is 343 g/mol. The average Bonchev–Trinajstić information content (AvgIpc) is 2.96. The number of fused-ring (bicyclic) bond motifs is 1. The summed E-state index contributed by atoms with van der Waals surface area (Å²) in [4.78, 5) is 15.5. The van der Waals surface area contributed by atoms with Gasteiger partial charge in [-0.1, -0.05) is 6.07 Å². The number of aliphatic imine (C=N–C) groups is 1. The SMILES string of the molecule is COc1cccc(F)c1-c1csc2ccc(C(=O)N=C(N)N)cc12. The third-order valence-corrected chi connectivity index (χ3v) is 4.48. The summed E-state index contributed by atoms with van der Waals surface area (Å²) in [7, 11) is 1.49. The molecule has 0 spiro atoms. The zero-order valence-electron chi connectivity index (χ0n) is 12.7. The summed E-state index contributed by atoms with van der Waals surface area (Å²) in [6.07, 6.45) is 0. The highest BCUT2D eigenvalue weighted by atomic mass is 32.1. The van der Waals surface area contributed by atoms with Gasteiger partial charge in [-0.2, -0.15) is 4.99 Å². The van der Waals surface area contributed by atoms with Crippen molar-refractivity contribution in [3.05, 3.63) is 53.2 Å². The molecule has 0 aliphatic heterocycles. The Morgan fingerprint density at radius 2 is 2.04 bits per heavy atom. The van der Waals surface area contributed by atoms with Gasteiger partial charge in [0.05, 0.1) is 12.7 Å². The van der Waals surface area contributed by atoms with Gasteiger partial charge < -0.3 is 16.2 Å². The predicted octanol–water partition coefficient (Wildman–Crippen LogP) is 3.13. The van der Waals surface area contributed by atoms with Crippen LogP contribution in [0.3, 0.4) is 0 Å². The molecule has 0 atom stereocenters. The third kappa shape index (κ3) is 2.81. The molecule has 0 radical (unpaired) electrons. The van der Waals surface area contributed by atoms with Crippen LogP contribution in [0.5, 0.6) is 5.75 Å². The molecule has 0 aliphatic carbocycles. The molecule has 7 heteroatoms. The van der Waals surface area contributed by atoms with Gasteiger partial charge >= 0.3 is 0 Å². The lowest BCUT2D eigenvalue weighted by atomic mass is 10.0. The van der Waals surface area contributed by atoms with Crippen LogP contribution in [0.2, 0.25) is 0 Å². The molecule has 4 N–H and O–H groups in total. The molecule has 3 rings (SSSR count). The second kappa shape index (κ2) is 6.29. The van der Waals surface area contributed by atoms with E-state index >= 15 is 0 Å². The van der Waals surface area contributed by atoms with Gasteiger partial charge in [0.25, 0.3) is 5.91 Å². The number of nitrogens with zero attached hydrogens (tertiary/aromatic N) is 1. The summed E-state index contributed by atoms with van der Waals surface area (Å²) in [5.41, 5.74) is 11.8. The molecule has 0 bridgehead atoms. The van der Waals surface area contributed by atoms with Crippen LogP contribution in [0.4, 0.5) is 4.39 Å². The number of hydrogen-bond donors (Lipinski definition) is 2. The Labute approximate surface area is 141 Å². The molecular weight excluding hydrogens is 329 g/mol. The Bertz CT molecular complexity index is 962. The number of halogens is 1. The lowest BCUT2D eigenvalue weighted by molar-refractivity contribution is 0.100. The molecule has 0 saturated heterocycles. The molecule has 3 aromatic rings. The summed E-state index contributed by atoms with van der Waals surface area (Å²) in [6.45, 7) is 0. The number of nitrogens with two attached hydrogens (primary N) is 2. The highest BCUT2D eigenvalue weighted by Gasteiger charge is 2.17. The predicted molar refractivity (Wildman–Crippen MR) is 93.9 cm³/mol. The van der Waals surface area contributed by atoms with E-state index in [0.717, 1.165) is 10.1 Å². The number of hydrogen-bond acceptors (Lipinski definition) is 3. The van der Waals surface area contributed by atoms with Crippen molar-refractivity contribution in [3.63, 3.8) is 0 Å². The van der Waals surface area contributed by atoms with Crippen LogP contribution >= 0.6 is 11.3 Å². The first kappa shape index (κ1) is 15.9. The fraction of sp³-hybridized carbons (Fsp3) is 0.0588. The van der Waals surface area contributed by atoms with E-state index in [1.54, 1.807) is 30.3 Å². The number of carbonyl (C=O) groups is 1.